The standard InChI is InChI=1S/C21H27NO5/c1-5-25-19(26-6-2)12-18-13(3)11-17(14(4)27-18)22-20(23)15-9-7-8-10-16(15)21(22)24/h7-11,14,17-19H,5-6,12H2,1-4H3/t14-,17-,18+/m1/s1. The van der Waals surface area contributed by atoms with Crippen LogP contribution in [0, 0.1) is 0 Å². The van der Waals surface area contributed by atoms with E-state index >= 15 is 0 Å². The van der Waals surface area contributed by atoms with Crippen LogP contribution in [0.2, 0.25) is 0 Å². The SMILES string of the molecule is CCOC(C[C@@H]1O[C@H](C)[C@H](N2C(=O)c3ccccc3C2=O)C=C1C)OCC. The molecule has 1 aromatic rings. The molecular weight excluding hydrogens is 346 g/mol. The van der Waals surface area contributed by atoms with E-state index in [1.165, 1.54) is 4.90 Å². The van der Waals surface area contributed by atoms with Gasteiger partial charge in [0.1, 0.15) is 0 Å². The smallest absolute Gasteiger partial charge is 0.262 e. The van der Waals surface area contributed by atoms with Crippen LogP contribution in [0.4, 0.5) is 0 Å². The molecule has 0 radical (unpaired) electrons. The summed E-state index contributed by atoms with van der Waals surface area (Å²) < 4.78 is 17.4. The average molecular weight is 373 g/mol. The number of fused-ring (bicyclic) bond motifs is 1. The molecule has 3 rings (SSSR count). The monoisotopic (exact) mass is 373 g/mol. The Balaban J connectivity index is 1.79. The Hall–Kier alpha value is -2.02. The van der Waals surface area contributed by atoms with Gasteiger partial charge in [0.05, 0.1) is 29.4 Å². The predicted octanol–water partition coefficient (Wildman–Crippen LogP) is 3.17. The maximum absolute atomic E-state index is 12.8. The molecule has 3 atom stereocenters. The van der Waals surface area contributed by atoms with E-state index in [2.05, 4.69) is 0 Å². The van der Waals surface area contributed by atoms with Crippen molar-refractivity contribution in [3.8, 4) is 0 Å². The highest BCUT2D eigenvalue weighted by molar-refractivity contribution is 6.21. The molecule has 6 nitrogen and oxygen atoms in total. The molecular formula is C21H27NO5. The van der Waals surface area contributed by atoms with Crippen LogP contribution in [0.1, 0.15) is 54.8 Å². The van der Waals surface area contributed by atoms with Crippen LogP contribution in [0.5, 0.6) is 0 Å². The van der Waals surface area contributed by atoms with Crippen molar-refractivity contribution in [2.75, 3.05) is 13.2 Å². The molecule has 146 valence electrons. The van der Waals surface area contributed by atoms with Crippen LogP contribution >= 0.6 is 0 Å². The minimum absolute atomic E-state index is 0.172. The lowest BCUT2D eigenvalue weighted by Gasteiger charge is -2.37. The van der Waals surface area contributed by atoms with Crippen molar-refractivity contribution in [2.24, 2.45) is 0 Å². The zero-order chi connectivity index (χ0) is 19.6. The third-order valence-electron chi connectivity index (χ3n) is 5.04. The number of carbonyl (C=O) groups is 2. The summed E-state index contributed by atoms with van der Waals surface area (Å²) in [5.74, 6) is -0.528. The first-order valence-corrected chi connectivity index (χ1v) is 9.51. The van der Waals surface area contributed by atoms with E-state index in [4.69, 9.17) is 14.2 Å². The summed E-state index contributed by atoms with van der Waals surface area (Å²) in [6, 6.07) is 6.50. The molecule has 1 aromatic carbocycles. The van der Waals surface area contributed by atoms with E-state index in [0.717, 1.165) is 5.57 Å². The Morgan fingerprint density at radius 2 is 1.63 bits per heavy atom. The van der Waals surface area contributed by atoms with Gasteiger partial charge in [0.2, 0.25) is 0 Å². The van der Waals surface area contributed by atoms with Crippen molar-refractivity contribution in [3.05, 3.63) is 47.0 Å². The van der Waals surface area contributed by atoms with Gasteiger partial charge in [-0.2, -0.15) is 0 Å². The van der Waals surface area contributed by atoms with Crippen LogP contribution in [-0.2, 0) is 14.2 Å². The summed E-state index contributed by atoms with van der Waals surface area (Å²) in [5, 5.41) is 0. The lowest BCUT2D eigenvalue weighted by Crippen LogP contribution is -2.49. The van der Waals surface area contributed by atoms with Crippen molar-refractivity contribution in [2.45, 2.75) is 58.7 Å². The van der Waals surface area contributed by atoms with Crippen molar-refractivity contribution in [1.29, 1.82) is 0 Å². The average Bonchev–Trinajstić information content (AvgIpc) is 2.90. The number of benzene rings is 1. The van der Waals surface area contributed by atoms with E-state index in [0.29, 0.717) is 30.8 Å². The van der Waals surface area contributed by atoms with E-state index in [1.54, 1.807) is 24.3 Å². The third kappa shape index (κ3) is 3.83. The van der Waals surface area contributed by atoms with Gasteiger partial charge in [0.25, 0.3) is 11.8 Å². The predicted molar refractivity (Wildman–Crippen MR) is 100 cm³/mol. The fraction of sp³-hybridized carbons (Fsp3) is 0.524. The summed E-state index contributed by atoms with van der Waals surface area (Å²) >= 11 is 0. The Bertz CT molecular complexity index is 703. The number of carbonyl (C=O) groups excluding carboxylic acids is 2. The number of amides is 2. The zero-order valence-corrected chi connectivity index (χ0v) is 16.3. The topological polar surface area (TPSA) is 65.1 Å². The molecule has 0 N–H and O–H groups in total. The van der Waals surface area contributed by atoms with Gasteiger partial charge >= 0.3 is 0 Å². The summed E-state index contributed by atoms with van der Waals surface area (Å²) in [4.78, 5) is 26.9. The molecule has 2 aliphatic heterocycles. The van der Waals surface area contributed by atoms with Crippen LogP contribution in [-0.4, -0.2) is 54.5 Å². The quantitative estimate of drug-likeness (QED) is 0.417. The molecule has 0 fully saturated rings. The minimum atomic E-state index is -0.425. The molecule has 0 bridgehead atoms. The summed E-state index contributed by atoms with van der Waals surface area (Å²) in [6.45, 7) is 8.83. The van der Waals surface area contributed by atoms with Gasteiger partial charge < -0.3 is 14.2 Å². The maximum atomic E-state index is 12.8. The highest BCUT2D eigenvalue weighted by Crippen LogP contribution is 2.32. The normalized spacial score (nSPS) is 25.1. The second-order valence-corrected chi connectivity index (χ2v) is 6.83. The van der Waals surface area contributed by atoms with Crippen LogP contribution in [0.15, 0.2) is 35.9 Å². The minimum Gasteiger partial charge on any atom is -0.368 e. The number of hydrogen-bond donors (Lipinski definition) is 0. The number of hydrogen-bond acceptors (Lipinski definition) is 5. The van der Waals surface area contributed by atoms with Crippen molar-refractivity contribution in [1.82, 2.24) is 4.90 Å². The van der Waals surface area contributed by atoms with Crippen molar-refractivity contribution in [3.63, 3.8) is 0 Å². The van der Waals surface area contributed by atoms with Gasteiger partial charge in [-0.3, -0.25) is 14.5 Å². The maximum Gasteiger partial charge on any atom is 0.262 e. The molecule has 0 saturated carbocycles. The summed E-state index contributed by atoms with van der Waals surface area (Å²) in [7, 11) is 0. The molecule has 0 saturated heterocycles. The Morgan fingerprint density at radius 1 is 1.07 bits per heavy atom. The van der Waals surface area contributed by atoms with Gasteiger partial charge in [-0.15, -0.1) is 0 Å². The largest absolute Gasteiger partial charge is 0.368 e. The lowest BCUT2D eigenvalue weighted by atomic mass is 9.97. The molecule has 0 spiro atoms. The first kappa shape index (κ1) is 19.7. The number of ether oxygens (including phenoxy) is 3. The molecule has 2 aliphatic rings. The Kier molecular flexibility index (Phi) is 6.09. The van der Waals surface area contributed by atoms with E-state index in [-0.39, 0.29) is 30.3 Å². The molecule has 0 aromatic heterocycles. The number of imide groups is 1. The first-order chi connectivity index (χ1) is 13.0. The molecule has 27 heavy (non-hydrogen) atoms. The molecule has 0 unspecified atom stereocenters. The van der Waals surface area contributed by atoms with Gasteiger partial charge in [-0.05, 0) is 45.4 Å². The van der Waals surface area contributed by atoms with Gasteiger partial charge in [-0.25, -0.2) is 0 Å². The summed E-state index contributed by atoms with van der Waals surface area (Å²) in [5.41, 5.74) is 1.88. The number of rotatable bonds is 7. The van der Waals surface area contributed by atoms with E-state index in [9.17, 15) is 9.59 Å². The second-order valence-electron chi connectivity index (χ2n) is 6.83. The zero-order valence-electron chi connectivity index (χ0n) is 16.3. The fourth-order valence-electron chi connectivity index (χ4n) is 3.69. The number of nitrogens with zero attached hydrogens (tertiary/aromatic N) is 1. The van der Waals surface area contributed by atoms with Crippen molar-refractivity contribution < 1.29 is 23.8 Å². The van der Waals surface area contributed by atoms with E-state index in [1.807, 2.05) is 33.8 Å². The molecule has 0 aliphatic carbocycles. The van der Waals surface area contributed by atoms with Gasteiger partial charge in [-0.1, -0.05) is 18.2 Å². The van der Waals surface area contributed by atoms with Crippen LogP contribution < -0.4 is 0 Å². The molecule has 2 heterocycles. The Morgan fingerprint density at radius 3 is 2.15 bits per heavy atom. The van der Waals surface area contributed by atoms with Gasteiger partial charge in [0.15, 0.2) is 6.29 Å². The highest BCUT2D eigenvalue weighted by Gasteiger charge is 2.43. The third-order valence-corrected chi connectivity index (χ3v) is 5.04. The second kappa shape index (κ2) is 8.33. The highest BCUT2D eigenvalue weighted by atomic mass is 16.7. The summed E-state index contributed by atoms with van der Waals surface area (Å²) in [6.07, 6.45) is 1.72. The molecule has 6 heteroatoms. The Labute approximate surface area is 160 Å². The van der Waals surface area contributed by atoms with Crippen LogP contribution in [0.25, 0.3) is 0 Å². The first-order valence-electron chi connectivity index (χ1n) is 9.51. The van der Waals surface area contributed by atoms with Crippen molar-refractivity contribution >= 4 is 11.8 Å². The van der Waals surface area contributed by atoms with Crippen LogP contribution in [0.3, 0.4) is 0 Å². The lowest BCUT2D eigenvalue weighted by molar-refractivity contribution is -0.161. The molecule has 2 amide bonds. The fourth-order valence-corrected chi connectivity index (χ4v) is 3.69. The van der Waals surface area contributed by atoms with Gasteiger partial charge in [0, 0.05) is 19.6 Å². The van der Waals surface area contributed by atoms with E-state index < -0.39 is 6.04 Å².